The topological polar surface area (TPSA) is 29.5 Å². The predicted octanol–water partition coefficient (Wildman–Crippen LogP) is 0.417. The van der Waals surface area contributed by atoms with Crippen molar-refractivity contribution in [2.24, 2.45) is 5.92 Å². The van der Waals surface area contributed by atoms with Crippen molar-refractivity contribution < 1.29 is 9.53 Å². The van der Waals surface area contributed by atoms with Crippen LogP contribution in [0.15, 0.2) is 0 Å². The van der Waals surface area contributed by atoms with E-state index in [0.717, 1.165) is 19.4 Å². The van der Waals surface area contributed by atoms with E-state index >= 15 is 0 Å². The van der Waals surface area contributed by atoms with Gasteiger partial charge in [0, 0.05) is 19.0 Å². The quantitative estimate of drug-likeness (QED) is 0.547. The van der Waals surface area contributed by atoms with E-state index in [0.29, 0.717) is 25.0 Å². The normalized spacial score (nSPS) is 25.3. The molecule has 0 aromatic carbocycles. The van der Waals surface area contributed by atoms with Crippen molar-refractivity contribution >= 4 is 5.91 Å². The summed E-state index contributed by atoms with van der Waals surface area (Å²) in [5.74, 6) is 0.672. The molecule has 61 valence electrons. The molecule has 3 nitrogen and oxygen atoms in total. The Morgan fingerprint density at radius 3 is 2.91 bits per heavy atom. The third-order valence-corrected chi connectivity index (χ3v) is 2.13. The summed E-state index contributed by atoms with van der Waals surface area (Å²) >= 11 is 0. The van der Waals surface area contributed by atoms with Crippen LogP contribution >= 0.6 is 0 Å². The van der Waals surface area contributed by atoms with Crippen LogP contribution in [0.5, 0.6) is 0 Å². The van der Waals surface area contributed by atoms with Gasteiger partial charge in [0.05, 0.1) is 6.61 Å². The van der Waals surface area contributed by atoms with Crippen LogP contribution in [0, 0.1) is 12.5 Å². The van der Waals surface area contributed by atoms with E-state index in [-0.39, 0.29) is 0 Å². The second kappa shape index (κ2) is 2.81. The molecule has 0 bridgehead atoms. The van der Waals surface area contributed by atoms with Crippen LogP contribution in [0.4, 0.5) is 0 Å². The van der Waals surface area contributed by atoms with Gasteiger partial charge in [0.1, 0.15) is 6.61 Å². The van der Waals surface area contributed by atoms with E-state index in [4.69, 9.17) is 4.74 Å². The molecule has 1 heterocycles. The largest absolute Gasteiger partial charge is 0.372 e. The smallest absolute Gasteiger partial charge is 0.225 e. The molecule has 11 heavy (non-hydrogen) atoms. The lowest BCUT2D eigenvalue weighted by atomic mass is 10.3. The average Bonchev–Trinajstić information content (AvgIpc) is 2.87. The van der Waals surface area contributed by atoms with E-state index in [1.54, 1.807) is 6.61 Å². The second-order valence-electron chi connectivity index (χ2n) is 3.10. The van der Waals surface area contributed by atoms with Crippen LogP contribution in [0.2, 0.25) is 0 Å². The molecule has 1 saturated heterocycles. The van der Waals surface area contributed by atoms with Crippen LogP contribution in [0.3, 0.4) is 0 Å². The van der Waals surface area contributed by atoms with Gasteiger partial charge in [-0.25, -0.2) is 0 Å². The number of morpholine rings is 1. The van der Waals surface area contributed by atoms with Gasteiger partial charge in [-0.05, 0) is 12.8 Å². The number of carbonyl (C=O) groups excluding carboxylic acids is 1. The Morgan fingerprint density at radius 1 is 1.55 bits per heavy atom. The first-order valence-electron chi connectivity index (χ1n) is 4.10. The first-order valence-corrected chi connectivity index (χ1v) is 4.10. The zero-order chi connectivity index (χ0) is 7.68. The van der Waals surface area contributed by atoms with E-state index in [1.165, 1.54) is 0 Å². The van der Waals surface area contributed by atoms with E-state index in [9.17, 15) is 4.79 Å². The fourth-order valence-electron chi connectivity index (χ4n) is 1.27. The molecule has 0 spiro atoms. The van der Waals surface area contributed by atoms with E-state index in [1.807, 2.05) is 4.90 Å². The lowest BCUT2D eigenvalue weighted by Gasteiger charge is -2.26. The van der Waals surface area contributed by atoms with Gasteiger partial charge in [-0.3, -0.25) is 4.79 Å². The molecule has 1 radical (unpaired) electrons. The van der Waals surface area contributed by atoms with Crippen molar-refractivity contribution in [1.29, 1.82) is 0 Å². The van der Waals surface area contributed by atoms with Gasteiger partial charge in [0.2, 0.25) is 5.91 Å². The van der Waals surface area contributed by atoms with Crippen LogP contribution < -0.4 is 0 Å². The molecular weight excluding hydrogens is 142 g/mol. The van der Waals surface area contributed by atoms with Gasteiger partial charge in [-0.2, -0.15) is 0 Å². The molecule has 3 heteroatoms. The third kappa shape index (κ3) is 1.53. The lowest BCUT2D eigenvalue weighted by Crippen LogP contribution is -2.39. The Hall–Kier alpha value is -0.570. The number of ether oxygens (including phenoxy) is 1. The molecule has 1 amide bonds. The lowest BCUT2D eigenvalue weighted by molar-refractivity contribution is -0.135. The van der Waals surface area contributed by atoms with Crippen LogP contribution in [-0.4, -0.2) is 30.5 Å². The minimum absolute atomic E-state index is 0.324. The third-order valence-electron chi connectivity index (χ3n) is 2.13. The number of amides is 1. The van der Waals surface area contributed by atoms with Crippen molar-refractivity contribution in [3.8, 4) is 0 Å². The fourth-order valence-corrected chi connectivity index (χ4v) is 1.27. The Bertz CT molecular complexity index is 159. The minimum atomic E-state index is 0.324. The first kappa shape index (κ1) is 7.10. The molecule has 2 fully saturated rings. The Balaban J connectivity index is 1.86. The highest BCUT2D eigenvalue weighted by Gasteiger charge is 2.33. The SMILES string of the molecule is O=C(C1CC1)N1C[CH]OCC1. The summed E-state index contributed by atoms with van der Waals surface area (Å²) in [6.45, 7) is 3.82. The van der Waals surface area contributed by atoms with Crippen molar-refractivity contribution in [3.63, 3.8) is 0 Å². The van der Waals surface area contributed by atoms with E-state index in [2.05, 4.69) is 0 Å². The molecule has 0 unspecified atom stereocenters. The summed E-state index contributed by atoms with van der Waals surface area (Å²) in [5.41, 5.74) is 0. The molecule has 0 aromatic rings. The second-order valence-corrected chi connectivity index (χ2v) is 3.10. The summed E-state index contributed by atoms with van der Waals surface area (Å²) in [4.78, 5) is 13.3. The molecule has 0 N–H and O–H groups in total. The molecule has 1 saturated carbocycles. The standard InChI is InChI=1S/C8H12NO2/c10-8(7-1-2-7)9-3-5-11-6-4-9/h5,7H,1-4,6H2. The average molecular weight is 154 g/mol. The zero-order valence-corrected chi connectivity index (χ0v) is 6.45. The molecule has 0 aromatic heterocycles. The van der Waals surface area contributed by atoms with Gasteiger partial charge in [-0.15, -0.1) is 0 Å². The summed E-state index contributed by atoms with van der Waals surface area (Å²) in [6, 6.07) is 0. The summed E-state index contributed by atoms with van der Waals surface area (Å²) in [5, 5.41) is 0. The van der Waals surface area contributed by atoms with Gasteiger partial charge < -0.3 is 9.64 Å². The molecule has 2 aliphatic rings. The number of nitrogens with zero attached hydrogens (tertiary/aromatic N) is 1. The van der Waals surface area contributed by atoms with Crippen LogP contribution in [-0.2, 0) is 9.53 Å². The predicted molar refractivity (Wildman–Crippen MR) is 39.6 cm³/mol. The van der Waals surface area contributed by atoms with Gasteiger partial charge in [-0.1, -0.05) is 0 Å². The number of rotatable bonds is 1. The van der Waals surface area contributed by atoms with Crippen LogP contribution in [0.25, 0.3) is 0 Å². The maximum absolute atomic E-state index is 11.4. The van der Waals surface area contributed by atoms with Crippen molar-refractivity contribution in [2.45, 2.75) is 12.8 Å². The number of carbonyl (C=O) groups is 1. The number of hydrogen-bond acceptors (Lipinski definition) is 2. The van der Waals surface area contributed by atoms with Gasteiger partial charge in [0.15, 0.2) is 0 Å². The maximum atomic E-state index is 11.4. The fraction of sp³-hybridized carbons (Fsp3) is 0.750. The van der Waals surface area contributed by atoms with Crippen molar-refractivity contribution in [2.75, 3.05) is 19.7 Å². The highest BCUT2D eigenvalue weighted by atomic mass is 16.5. The highest BCUT2D eigenvalue weighted by Crippen LogP contribution is 2.31. The Morgan fingerprint density at radius 2 is 2.36 bits per heavy atom. The van der Waals surface area contributed by atoms with Crippen molar-refractivity contribution in [3.05, 3.63) is 6.61 Å². The molecule has 1 aliphatic carbocycles. The first-order chi connectivity index (χ1) is 5.38. The van der Waals surface area contributed by atoms with Gasteiger partial charge >= 0.3 is 0 Å². The van der Waals surface area contributed by atoms with Crippen molar-refractivity contribution in [1.82, 2.24) is 4.90 Å². The minimum Gasteiger partial charge on any atom is -0.372 e. The number of hydrogen-bond donors (Lipinski definition) is 0. The van der Waals surface area contributed by atoms with E-state index < -0.39 is 0 Å². The zero-order valence-electron chi connectivity index (χ0n) is 6.45. The highest BCUT2D eigenvalue weighted by molar-refractivity contribution is 5.81. The van der Waals surface area contributed by atoms with Crippen LogP contribution in [0.1, 0.15) is 12.8 Å². The monoisotopic (exact) mass is 154 g/mol. The molecule has 2 rings (SSSR count). The summed E-state index contributed by atoms with van der Waals surface area (Å²) < 4.78 is 5.03. The molecule has 1 aliphatic heterocycles. The summed E-state index contributed by atoms with van der Waals surface area (Å²) in [7, 11) is 0. The summed E-state index contributed by atoms with van der Waals surface area (Å²) in [6.07, 6.45) is 2.19. The molecular formula is C8H12NO2. The Kier molecular flexibility index (Phi) is 1.82. The maximum Gasteiger partial charge on any atom is 0.225 e. The molecule has 0 atom stereocenters. The van der Waals surface area contributed by atoms with Gasteiger partial charge in [0.25, 0.3) is 0 Å². The Labute approximate surface area is 66.3 Å².